The highest BCUT2D eigenvalue weighted by Gasteiger charge is 2.24. The maximum atomic E-state index is 12.9. The first-order chi connectivity index (χ1) is 14.7. The van der Waals surface area contributed by atoms with Crippen LogP contribution in [0, 0.1) is 19.8 Å². The number of carbonyl (C=O) groups excluding carboxylic acids is 2. The Labute approximate surface area is 181 Å². The molecule has 1 atom stereocenters. The lowest BCUT2D eigenvalue weighted by Gasteiger charge is -2.17. The summed E-state index contributed by atoms with van der Waals surface area (Å²) in [5, 5.41) is 7.88. The van der Waals surface area contributed by atoms with Crippen molar-refractivity contribution in [1.29, 1.82) is 0 Å². The van der Waals surface area contributed by atoms with Crippen LogP contribution < -0.4 is 10.9 Å². The minimum atomic E-state index is -1.04. The highest BCUT2D eigenvalue weighted by Crippen LogP contribution is 2.20. The standard InChI is InChI=1S/C24H27N3O4/c1-14(2)13-27-23(29)19-12-7-6-11-18(19)21(26-27)24(30)31-17(5)22(28)25-20-15(3)9-8-10-16(20)4/h6-12,14,17H,13H2,1-5H3,(H,25,28)/t17-/m1/s1. The molecule has 2 aromatic carbocycles. The number of esters is 1. The van der Waals surface area contributed by atoms with E-state index in [1.807, 2.05) is 45.9 Å². The molecule has 0 aliphatic rings. The average Bonchev–Trinajstić information content (AvgIpc) is 2.72. The van der Waals surface area contributed by atoms with Gasteiger partial charge in [-0.2, -0.15) is 5.10 Å². The van der Waals surface area contributed by atoms with Gasteiger partial charge in [-0.25, -0.2) is 9.48 Å². The second kappa shape index (κ2) is 9.12. The number of benzene rings is 2. The number of aryl methyl sites for hydroxylation is 2. The second-order valence-corrected chi connectivity index (χ2v) is 8.08. The Hall–Kier alpha value is -3.48. The summed E-state index contributed by atoms with van der Waals surface area (Å²) in [5.41, 5.74) is 2.29. The number of carbonyl (C=O) groups is 2. The van der Waals surface area contributed by atoms with Crippen molar-refractivity contribution in [3.63, 3.8) is 0 Å². The molecule has 3 rings (SSSR count). The van der Waals surface area contributed by atoms with E-state index in [4.69, 9.17) is 4.74 Å². The smallest absolute Gasteiger partial charge is 0.360 e. The van der Waals surface area contributed by atoms with Gasteiger partial charge in [-0.1, -0.05) is 50.2 Å². The van der Waals surface area contributed by atoms with Gasteiger partial charge >= 0.3 is 5.97 Å². The van der Waals surface area contributed by atoms with Crippen LogP contribution in [-0.2, 0) is 16.1 Å². The van der Waals surface area contributed by atoms with Gasteiger partial charge in [0.2, 0.25) is 0 Å². The first kappa shape index (κ1) is 22.2. The van der Waals surface area contributed by atoms with Gasteiger partial charge in [-0.05, 0) is 43.9 Å². The molecule has 7 heteroatoms. The summed E-state index contributed by atoms with van der Waals surface area (Å²) < 4.78 is 6.71. The molecule has 1 heterocycles. The molecule has 0 spiro atoms. The van der Waals surface area contributed by atoms with E-state index < -0.39 is 18.0 Å². The molecule has 0 aliphatic carbocycles. The Balaban J connectivity index is 1.88. The van der Waals surface area contributed by atoms with Crippen LogP contribution in [0.25, 0.3) is 10.8 Å². The molecular weight excluding hydrogens is 394 g/mol. The van der Waals surface area contributed by atoms with E-state index in [9.17, 15) is 14.4 Å². The zero-order valence-corrected chi connectivity index (χ0v) is 18.4. The van der Waals surface area contributed by atoms with Gasteiger partial charge in [0.15, 0.2) is 11.8 Å². The molecule has 0 aliphatic heterocycles. The third-order valence-corrected chi connectivity index (χ3v) is 4.98. The van der Waals surface area contributed by atoms with E-state index in [0.29, 0.717) is 23.0 Å². The lowest BCUT2D eigenvalue weighted by molar-refractivity contribution is -0.123. The number of ether oxygens (including phenoxy) is 1. The van der Waals surface area contributed by atoms with Crippen LogP contribution in [0.4, 0.5) is 5.69 Å². The first-order valence-corrected chi connectivity index (χ1v) is 10.3. The van der Waals surface area contributed by atoms with Gasteiger partial charge in [0.1, 0.15) is 0 Å². The number of anilines is 1. The average molecular weight is 421 g/mol. The molecule has 7 nitrogen and oxygen atoms in total. The molecule has 0 radical (unpaired) electrons. The highest BCUT2D eigenvalue weighted by atomic mass is 16.5. The quantitative estimate of drug-likeness (QED) is 0.611. The maximum Gasteiger partial charge on any atom is 0.360 e. The molecule has 3 aromatic rings. The number of hydrogen-bond acceptors (Lipinski definition) is 5. The Morgan fingerprint density at radius 2 is 1.61 bits per heavy atom. The van der Waals surface area contributed by atoms with Gasteiger partial charge in [-0.3, -0.25) is 9.59 Å². The van der Waals surface area contributed by atoms with Crippen LogP contribution in [-0.4, -0.2) is 27.8 Å². The van der Waals surface area contributed by atoms with Crippen molar-refractivity contribution in [2.24, 2.45) is 5.92 Å². The minimum absolute atomic E-state index is 0.0163. The second-order valence-electron chi connectivity index (χ2n) is 8.08. The van der Waals surface area contributed by atoms with Crippen LogP contribution in [0.1, 0.15) is 42.4 Å². The summed E-state index contributed by atoms with van der Waals surface area (Å²) in [6, 6.07) is 12.5. The van der Waals surface area contributed by atoms with Gasteiger partial charge < -0.3 is 10.1 Å². The Morgan fingerprint density at radius 3 is 2.23 bits per heavy atom. The fourth-order valence-electron chi connectivity index (χ4n) is 3.36. The summed E-state index contributed by atoms with van der Waals surface area (Å²) in [5.74, 6) is -1.03. The Bertz CT molecular complexity index is 1180. The number of amides is 1. The van der Waals surface area contributed by atoms with Crippen molar-refractivity contribution >= 4 is 28.3 Å². The van der Waals surface area contributed by atoms with E-state index in [1.165, 1.54) is 11.6 Å². The van der Waals surface area contributed by atoms with Crippen LogP contribution in [0.5, 0.6) is 0 Å². The van der Waals surface area contributed by atoms with Crippen LogP contribution >= 0.6 is 0 Å². The summed E-state index contributed by atoms with van der Waals surface area (Å²) in [7, 11) is 0. The van der Waals surface area contributed by atoms with Crippen molar-refractivity contribution < 1.29 is 14.3 Å². The number of nitrogens with one attached hydrogen (secondary N) is 1. The predicted octanol–water partition coefficient (Wildman–Crippen LogP) is 3.85. The third-order valence-electron chi connectivity index (χ3n) is 4.98. The van der Waals surface area contributed by atoms with Crippen molar-refractivity contribution in [2.75, 3.05) is 5.32 Å². The lowest BCUT2D eigenvalue weighted by Crippen LogP contribution is -2.32. The Morgan fingerprint density at radius 1 is 1.00 bits per heavy atom. The van der Waals surface area contributed by atoms with Gasteiger partial charge in [0, 0.05) is 17.6 Å². The topological polar surface area (TPSA) is 90.3 Å². The number of rotatable bonds is 6. The van der Waals surface area contributed by atoms with Crippen LogP contribution in [0.2, 0.25) is 0 Å². The number of fused-ring (bicyclic) bond motifs is 1. The molecule has 0 unspecified atom stereocenters. The normalized spacial score (nSPS) is 12.1. The van der Waals surface area contributed by atoms with E-state index in [0.717, 1.165) is 11.1 Å². The molecule has 0 saturated carbocycles. The van der Waals surface area contributed by atoms with Crippen molar-refractivity contribution in [3.8, 4) is 0 Å². The zero-order chi connectivity index (χ0) is 22.7. The van der Waals surface area contributed by atoms with Gasteiger partial charge in [-0.15, -0.1) is 0 Å². The summed E-state index contributed by atoms with van der Waals surface area (Å²) in [4.78, 5) is 38.3. The Kier molecular flexibility index (Phi) is 6.53. The van der Waals surface area contributed by atoms with Crippen LogP contribution in [0.3, 0.4) is 0 Å². The molecule has 1 aromatic heterocycles. The SMILES string of the molecule is Cc1cccc(C)c1NC(=O)[C@@H](C)OC(=O)c1nn(CC(C)C)c(=O)c2ccccc12. The highest BCUT2D eigenvalue weighted by molar-refractivity contribution is 6.04. The number of hydrogen-bond donors (Lipinski definition) is 1. The van der Waals surface area contributed by atoms with Crippen molar-refractivity contribution in [3.05, 3.63) is 69.6 Å². The fourth-order valence-corrected chi connectivity index (χ4v) is 3.36. The monoisotopic (exact) mass is 421 g/mol. The summed E-state index contributed by atoms with van der Waals surface area (Å²) >= 11 is 0. The molecular formula is C24H27N3O4. The minimum Gasteiger partial charge on any atom is -0.448 e. The summed E-state index contributed by atoms with van der Waals surface area (Å²) in [6.07, 6.45) is -1.04. The van der Waals surface area contributed by atoms with Crippen molar-refractivity contribution in [1.82, 2.24) is 9.78 Å². The molecule has 0 fully saturated rings. The molecule has 1 amide bonds. The van der Waals surface area contributed by atoms with E-state index >= 15 is 0 Å². The molecule has 0 bridgehead atoms. The lowest BCUT2D eigenvalue weighted by atomic mass is 10.1. The molecule has 31 heavy (non-hydrogen) atoms. The molecule has 162 valence electrons. The van der Waals surface area contributed by atoms with E-state index in [2.05, 4.69) is 10.4 Å². The van der Waals surface area contributed by atoms with E-state index in [-0.39, 0.29) is 17.2 Å². The molecule has 0 saturated heterocycles. The zero-order valence-electron chi connectivity index (χ0n) is 18.4. The predicted molar refractivity (Wildman–Crippen MR) is 120 cm³/mol. The van der Waals surface area contributed by atoms with E-state index in [1.54, 1.807) is 24.3 Å². The third kappa shape index (κ3) is 4.82. The molecule has 1 N–H and O–H groups in total. The number of nitrogens with zero attached hydrogens (tertiary/aromatic N) is 2. The van der Waals surface area contributed by atoms with Gasteiger partial charge in [0.05, 0.1) is 5.39 Å². The van der Waals surface area contributed by atoms with Crippen LogP contribution in [0.15, 0.2) is 47.3 Å². The number of aromatic nitrogens is 2. The van der Waals surface area contributed by atoms with Gasteiger partial charge in [0.25, 0.3) is 11.5 Å². The summed E-state index contributed by atoms with van der Waals surface area (Å²) in [6.45, 7) is 9.59. The number of para-hydroxylation sites is 1. The largest absolute Gasteiger partial charge is 0.448 e. The first-order valence-electron chi connectivity index (χ1n) is 10.3. The fraction of sp³-hybridized carbons (Fsp3) is 0.333. The van der Waals surface area contributed by atoms with Crippen molar-refractivity contribution in [2.45, 2.75) is 47.3 Å². The maximum absolute atomic E-state index is 12.9.